The van der Waals surface area contributed by atoms with Crippen LogP contribution in [0, 0.1) is 5.41 Å². The van der Waals surface area contributed by atoms with Crippen LogP contribution in [0.5, 0.6) is 0 Å². The Balaban J connectivity index is 2.03. The molecule has 6 heteroatoms. The summed E-state index contributed by atoms with van der Waals surface area (Å²) in [7, 11) is 1.43. The predicted octanol–water partition coefficient (Wildman–Crippen LogP) is 1.97. The van der Waals surface area contributed by atoms with Crippen molar-refractivity contribution >= 4 is 33.2 Å². The van der Waals surface area contributed by atoms with E-state index in [9.17, 15) is 4.79 Å². The second-order valence-electron chi connectivity index (χ2n) is 4.75. The van der Waals surface area contributed by atoms with Gasteiger partial charge in [0.05, 0.1) is 42.7 Å². The van der Waals surface area contributed by atoms with E-state index in [-0.39, 0.29) is 11.4 Å². The number of carbonyl (C=O) groups excluding carboxylic acids is 1. The number of hydrogen-bond donors (Lipinski definition) is 0. The fourth-order valence-corrected chi connectivity index (χ4v) is 4.27. The molecule has 2 aliphatic rings. The Morgan fingerprint density at radius 2 is 2.00 bits per heavy atom. The Morgan fingerprint density at radius 1 is 1.33 bits per heavy atom. The molecule has 3 rings (SSSR count). The summed E-state index contributed by atoms with van der Waals surface area (Å²) in [5.41, 5.74) is -0.862. The molecule has 98 valence electrons. The number of methoxy groups -OCH3 is 1. The minimum Gasteiger partial charge on any atom is -0.468 e. The van der Waals surface area contributed by atoms with Gasteiger partial charge in [-0.05, 0) is 28.1 Å². The lowest BCUT2D eigenvalue weighted by Crippen LogP contribution is -2.69. The summed E-state index contributed by atoms with van der Waals surface area (Å²) >= 11 is 5.12. The van der Waals surface area contributed by atoms with Crippen LogP contribution in [0.4, 0.5) is 0 Å². The molecule has 0 radical (unpaired) electrons. The number of ether oxygens (including phenoxy) is 3. The topological polar surface area (TPSA) is 44.8 Å². The molecule has 0 bridgehead atoms. The van der Waals surface area contributed by atoms with Gasteiger partial charge in [0.15, 0.2) is 0 Å². The highest BCUT2D eigenvalue weighted by Crippen LogP contribution is 2.54. The molecule has 0 spiro atoms. The second kappa shape index (κ2) is 4.30. The fraction of sp³-hybridized carbons (Fsp3) is 0.583. The van der Waals surface area contributed by atoms with Gasteiger partial charge in [0.25, 0.3) is 0 Å². The third-order valence-corrected chi connectivity index (χ3v) is 5.76. The minimum atomic E-state index is -0.579. The highest BCUT2D eigenvalue weighted by molar-refractivity contribution is 9.11. The summed E-state index contributed by atoms with van der Waals surface area (Å²) in [6.07, 6.45) is 0. The van der Waals surface area contributed by atoms with Crippen LogP contribution in [0.2, 0.25) is 0 Å². The van der Waals surface area contributed by atoms with Gasteiger partial charge >= 0.3 is 5.97 Å². The molecule has 0 N–H and O–H groups in total. The molecular formula is C12H13BrO4S. The molecule has 2 saturated heterocycles. The van der Waals surface area contributed by atoms with Crippen molar-refractivity contribution in [3.8, 4) is 0 Å². The van der Waals surface area contributed by atoms with Crippen LogP contribution in [0.15, 0.2) is 15.9 Å². The SMILES string of the molecule is COC(=O)C1(C2(c3ccc(Br)s3)COC2)COC1. The van der Waals surface area contributed by atoms with Crippen LogP contribution < -0.4 is 0 Å². The van der Waals surface area contributed by atoms with Gasteiger partial charge < -0.3 is 14.2 Å². The van der Waals surface area contributed by atoms with Crippen LogP contribution >= 0.6 is 27.3 Å². The van der Waals surface area contributed by atoms with Crippen molar-refractivity contribution in [2.45, 2.75) is 5.41 Å². The monoisotopic (exact) mass is 332 g/mol. The molecule has 0 saturated carbocycles. The van der Waals surface area contributed by atoms with Crippen molar-refractivity contribution in [1.29, 1.82) is 0 Å². The van der Waals surface area contributed by atoms with Gasteiger partial charge in [0, 0.05) is 4.88 Å². The van der Waals surface area contributed by atoms with Gasteiger partial charge in [-0.1, -0.05) is 0 Å². The van der Waals surface area contributed by atoms with Crippen molar-refractivity contribution in [3.63, 3.8) is 0 Å². The highest BCUT2D eigenvalue weighted by Gasteiger charge is 2.66. The van der Waals surface area contributed by atoms with E-state index in [0.29, 0.717) is 26.4 Å². The fourth-order valence-electron chi connectivity index (χ4n) is 2.62. The molecule has 0 amide bonds. The molecule has 2 fully saturated rings. The summed E-state index contributed by atoms with van der Waals surface area (Å²) in [6.45, 7) is 1.94. The van der Waals surface area contributed by atoms with Gasteiger partial charge in [0.2, 0.25) is 0 Å². The Kier molecular flexibility index (Phi) is 3.01. The molecular weight excluding hydrogens is 320 g/mol. The Hall–Kier alpha value is -0.430. The van der Waals surface area contributed by atoms with Crippen molar-refractivity contribution in [3.05, 3.63) is 20.8 Å². The first-order valence-corrected chi connectivity index (χ1v) is 7.25. The highest BCUT2D eigenvalue weighted by atomic mass is 79.9. The van der Waals surface area contributed by atoms with Crippen LogP contribution in [-0.4, -0.2) is 39.5 Å². The molecule has 0 aromatic carbocycles. The zero-order valence-corrected chi connectivity index (χ0v) is 12.3. The zero-order chi connectivity index (χ0) is 12.8. The maximum absolute atomic E-state index is 12.2. The maximum Gasteiger partial charge on any atom is 0.317 e. The molecule has 0 aliphatic carbocycles. The molecule has 3 heterocycles. The van der Waals surface area contributed by atoms with Gasteiger partial charge in [-0.3, -0.25) is 4.79 Å². The molecule has 0 atom stereocenters. The number of thiophene rings is 1. The molecule has 2 aliphatic heterocycles. The van der Waals surface area contributed by atoms with Gasteiger partial charge in [-0.2, -0.15) is 0 Å². The number of rotatable bonds is 3. The lowest BCUT2D eigenvalue weighted by Gasteiger charge is -2.56. The van der Waals surface area contributed by atoms with Crippen LogP contribution in [0.25, 0.3) is 0 Å². The van der Waals surface area contributed by atoms with Crippen LogP contribution in [-0.2, 0) is 24.4 Å². The van der Waals surface area contributed by atoms with Gasteiger partial charge in [-0.15, -0.1) is 11.3 Å². The predicted molar refractivity (Wildman–Crippen MR) is 69.8 cm³/mol. The lowest BCUT2D eigenvalue weighted by atomic mass is 9.59. The minimum absolute atomic E-state index is 0.193. The summed E-state index contributed by atoms with van der Waals surface area (Å²) in [6, 6.07) is 4.06. The molecule has 18 heavy (non-hydrogen) atoms. The first kappa shape index (κ1) is 12.6. The Morgan fingerprint density at radius 3 is 2.33 bits per heavy atom. The van der Waals surface area contributed by atoms with E-state index in [1.807, 2.05) is 6.07 Å². The van der Waals surface area contributed by atoms with Crippen LogP contribution in [0.3, 0.4) is 0 Å². The smallest absolute Gasteiger partial charge is 0.317 e. The second-order valence-corrected chi connectivity index (χ2v) is 7.21. The van der Waals surface area contributed by atoms with Crippen molar-refractivity contribution in [2.24, 2.45) is 5.41 Å². The molecule has 1 aromatic heterocycles. The summed E-state index contributed by atoms with van der Waals surface area (Å²) in [5.74, 6) is -0.193. The number of carbonyl (C=O) groups is 1. The lowest BCUT2D eigenvalue weighted by molar-refractivity contribution is -0.237. The normalized spacial score (nSPS) is 23.9. The molecule has 0 unspecified atom stereocenters. The van der Waals surface area contributed by atoms with Gasteiger partial charge in [0.1, 0.15) is 5.41 Å². The summed E-state index contributed by atoms with van der Waals surface area (Å²) in [4.78, 5) is 13.3. The first-order valence-electron chi connectivity index (χ1n) is 5.64. The number of esters is 1. The average molecular weight is 333 g/mol. The molecule has 4 nitrogen and oxygen atoms in total. The van der Waals surface area contributed by atoms with Crippen molar-refractivity contribution in [2.75, 3.05) is 33.5 Å². The first-order chi connectivity index (χ1) is 8.64. The zero-order valence-electron chi connectivity index (χ0n) is 9.90. The van der Waals surface area contributed by atoms with E-state index in [4.69, 9.17) is 14.2 Å². The summed E-state index contributed by atoms with van der Waals surface area (Å²) < 4.78 is 16.8. The quantitative estimate of drug-likeness (QED) is 0.794. The van der Waals surface area contributed by atoms with E-state index in [1.165, 1.54) is 7.11 Å². The third-order valence-electron chi connectivity index (χ3n) is 3.93. The number of halogens is 1. The van der Waals surface area contributed by atoms with Crippen molar-refractivity contribution in [1.82, 2.24) is 0 Å². The molecule has 1 aromatic rings. The van der Waals surface area contributed by atoms with E-state index < -0.39 is 5.41 Å². The van der Waals surface area contributed by atoms with Gasteiger partial charge in [-0.25, -0.2) is 0 Å². The third kappa shape index (κ3) is 1.46. The van der Waals surface area contributed by atoms with E-state index in [0.717, 1.165) is 8.66 Å². The van der Waals surface area contributed by atoms with Crippen LogP contribution in [0.1, 0.15) is 4.88 Å². The Bertz CT molecular complexity index is 476. The maximum atomic E-state index is 12.2. The van der Waals surface area contributed by atoms with Crippen molar-refractivity contribution < 1.29 is 19.0 Å². The van der Waals surface area contributed by atoms with E-state index in [1.54, 1.807) is 11.3 Å². The summed E-state index contributed by atoms with van der Waals surface area (Å²) in [5, 5.41) is 0. The Labute approximate surface area is 117 Å². The standard InChI is InChI=1S/C12H13BrO4S/c1-15-10(14)12(6-17-7-12)11(4-16-5-11)8-2-3-9(13)18-8/h2-3H,4-7H2,1H3. The number of hydrogen-bond acceptors (Lipinski definition) is 5. The largest absolute Gasteiger partial charge is 0.468 e. The van der Waals surface area contributed by atoms with E-state index >= 15 is 0 Å². The van der Waals surface area contributed by atoms with E-state index in [2.05, 4.69) is 22.0 Å². The average Bonchev–Trinajstić information content (AvgIpc) is 2.66.